The predicted molar refractivity (Wildman–Crippen MR) is 140 cm³/mol. The van der Waals surface area contributed by atoms with Gasteiger partial charge >= 0.3 is 0 Å². The van der Waals surface area contributed by atoms with Crippen molar-refractivity contribution in [2.75, 3.05) is 31.1 Å². The predicted octanol–water partition coefficient (Wildman–Crippen LogP) is 4.35. The van der Waals surface area contributed by atoms with Crippen molar-refractivity contribution < 1.29 is 17.9 Å². The third-order valence-electron chi connectivity index (χ3n) is 7.03. The molecule has 2 atom stereocenters. The van der Waals surface area contributed by atoms with Gasteiger partial charge in [0.1, 0.15) is 12.0 Å². The van der Waals surface area contributed by atoms with Gasteiger partial charge in [0.25, 0.3) is 0 Å². The normalized spacial score (nSPS) is 20.0. The molecular weight excluding hydrogens is 474 g/mol. The van der Waals surface area contributed by atoms with Gasteiger partial charge in [-0.1, -0.05) is 18.2 Å². The number of ether oxygens (including phenoxy) is 1. The van der Waals surface area contributed by atoms with Crippen LogP contribution in [-0.2, 0) is 14.8 Å². The molecule has 1 fully saturated rings. The van der Waals surface area contributed by atoms with Gasteiger partial charge in [0.15, 0.2) is 0 Å². The molecule has 8 heteroatoms. The Balaban J connectivity index is 1.36. The van der Waals surface area contributed by atoms with Gasteiger partial charge in [-0.3, -0.25) is 4.98 Å². The van der Waals surface area contributed by atoms with Crippen LogP contribution in [0.5, 0.6) is 5.75 Å². The fourth-order valence-electron chi connectivity index (χ4n) is 5.34. The average molecular weight is 506 g/mol. The van der Waals surface area contributed by atoms with E-state index in [2.05, 4.69) is 28.1 Å². The first-order chi connectivity index (χ1) is 17.4. The number of aromatic nitrogens is 1. The number of carbonyl (C=O) groups is 1. The van der Waals surface area contributed by atoms with Gasteiger partial charge in [-0.25, -0.2) is 8.42 Å². The molecule has 0 aliphatic carbocycles. The molecule has 188 valence electrons. The molecule has 0 bridgehead atoms. The maximum atomic E-state index is 13.4. The second kappa shape index (κ2) is 10.0. The van der Waals surface area contributed by atoms with Crippen molar-refractivity contribution in [1.29, 1.82) is 0 Å². The van der Waals surface area contributed by atoms with Gasteiger partial charge in [0, 0.05) is 43.0 Å². The molecule has 1 aromatic heterocycles. The highest BCUT2D eigenvalue weighted by Gasteiger charge is 2.41. The summed E-state index contributed by atoms with van der Waals surface area (Å²) in [6, 6.07) is 18.8. The van der Waals surface area contributed by atoms with Crippen LogP contribution < -0.4 is 9.64 Å². The minimum atomic E-state index is -3.59. The van der Waals surface area contributed by atoms with Crippen LogP contribution in [0.15, 0.2) is 71.8 Å². The summed E-state index contributed by atoms with van der Waals surface area (Å²) in [6.07, 6.45) is 3.51. The summed E-state index contributed by atoms with van der Waals surface area (Å²) in [5.41, 5.74) is 4.11. The molecular formula is C28H31N3O4S. The van der Waals surface area contributed by atoms with Crippen molar-refractivity contribution >= 4 is 22.0 Å². The third-order valence-corrected chi connectivity index (χ3v) is 8.91. The van der Waals surface area contributed by atoms with E-state index in [1.54, 1.807) is 34.8 Å². The molecule has 5 rings (SSSR count). The zero-order valence-corrected chi connectivity index (χ0v) is 21.4. The van der Waals surface area contributed by atoms with Crippen molar-refractivity contribution in [1.82, 2.24) is 9.29 Å². The number of rotatable bonds is 8. The van der Waals surface area contributed by atoms with E-state index < -0.39 is 10.0 Å². The van der Waals surface area contributed by atoms with Crippen molar-refractivity contribution in [3.8, 4) is 17.0 Å². The molecule has 7 nitrogen and oxygen atoms in total. The van der Waals surface area contributed by atoms with E-state index in [0.717, 1.165) is 29.7 Å². The van der Waals surface area contributed by atoms with E-state index in [9.17, 15) is 13.2 Å². The number of benzene rings is 2. The minimum Gasteiger partial charge on any atom is -0.491 e. The molecule has 2 aliphatic rings. The maximum absolute atomic E-state index is 13.4. The van der Waals surface area contributed by atoms with E-state index in [1.807, 2.05) is 32.0 Å². The summed E-state index contributed by atoms with van der Waals surface area (Å²) >= 11 is 0. The maximum Gasteiger partial charge on any atom is 0.243 e. The first kappa shape index (κ1) is 24.5. The summed E-state index contributed by atoms with van der Waals surface area (Å²) in [4.78, 5) is 18.3. The van der Waals surface area contributed by atoms with Crippen LogP contribution in [0.3, 0.4) is 0 Å². The first-order valence-corrected chi connectivity index (χ1v) is 13.8. The quantitative estimate of drug-likeness (QED) is 0.424. The topological polar surface area (TPSA) is 79.8 Å². The second-order valence-corrected chi connectivity index (χ2v) is 11.7. The Hall–Kier alpha value is -3.23. The number of carbonyl (C=O) groups excluding carboxylic acids is 1. The van der Waals surface area contributed by atoms with Crippen molar-refractivity contribution in [3.63, 3.8) is 0 Å². The number of nitrogens with zero attached hydrogens (tertiary/aromatic N) is 3. The third kappa shape index (κ3) is 4.75. The van der Waals surface area contributed by atoms with E-state index in [-0.39, 0.29) is 22.8 Å². The summed E-state index contributed by atoms with van der Waals surface area (Å²) in [6.45, 7) is 5.85. The van der Waals surface area contributed by atoms with Gasteiger partial charge in [-0.05, 0) is 74.2 Å². The van der Waals surface area contributed by atoms with Crippen LogP contribution >= 0.6 is 0 Å². The summed E-state index contributed by atoms with van der Waals surface area (Å²) < 4.78 is 34.0. The Morgan fingerprint density at radius 1 is 1.08 bits per heavy atom. The second-order valence-electron chi connectivity index (χ2n) is 9.72. The highest BCUT2D eigenvalue weighted by Crippen LogP contribution is 2.45. The Morgan fingerprint density at radius 3 is 2.58 bits per heavy atom. The molecule has 0 N–H and O–H groups in total. The zero-order chi connectivity index (χ0) is 25.3. The molecule has 36 heavy (non-hydrogen) atoms. The Bertz CT molecular complexity index is 1330. The van der Waals surface area contributed by atoms with Crippen molar-refractivity contribution in [2.45, 2.75) is 37.2 Å². The lowest BCUT2D eigenvalue weighted by Crippen LogP contribution is -2.31. The molecule has 2 unspecified atom stereocenters. The number of sulfonamides is 1. The molecule has 3 heterocycles. The number of hydrogen-bond acceptors (Lipinski definition) is 6. The van der Waals surface area contributed by atoms with Gasteiger partial charge in [-0.2, -0.15) is 4.31 Å². The number of fused-ring (bicyclic) bond motifs is 1. The van der Waals surface area contributed by atoms with E-state index in [4.69, 9.17) is 4.74 Å². The van der Waals surface area contributed by atoms with Crippen molar-refractivity contribution in [3.05, 3.63) is 72.4 Å². The van der Waals surface area contributed by atoms with Gasteiger partial charge in [0.2, 0.25) is 10.0 Å². The van der Waals surface area contributed by atoms with Crippen LogP contribution in [0, 0.1) is 5.92 Å². The average Bonchev–Trinajstić information content (AvgIpc) is 3.50. The SMILES string of the molecule is CC(C)Oc1ccc(S(=O)(=O)N2CCC(C3CN(CC=O)c4cc(-c5ccccn5)ccc43)C2)cc1. The lowest BCUT2D eigenvalue weighted by Gasteiger charge is -2.21. The highest BCUT2D eigenvalue weighted by atomic mass is 32.2. The molecule has 1 saturated heterocycles. The number of pyridine rings is 1. The summed E-state index contributed by atoms with van der Waals surface area (Å²) in [5.74, 6) is 1.00. The van der Waals surface area contributed by atoms with E-state index in [1.165, 1.54) is 5.56 Å². The molecule has 0 spiro atoms. The Kier molecular flexibility index (Phi) is 6.81. The Morgan fingerprint density at radius 2 is 1.89 bits per heavy atom. The molecule has 3 aromatic rings. The van der Waals surface area contributed by atoms with Gasteiger partial charge in [-0.15, -0.1) is 0 Å². The van der Waals surface area contributed by atoms with Crippen LogP contribution in [0.2, 0.25) is 0 Å². The van der Waals surface area contributed by atoms with Crippen LogP contribution in [0.4, 0.5) is 5.69 Å². The minimum absolute atomic E-state index is 0.0277. The van der Waals surface area contributed by atoms with E-state index >= 15 is 0 Å². The van der Waals surface area contributed by atoms with Crippen LogP contribution in [0.1, 0.15) is 31.7 Å². The summed E-state index contributed by atoms with van der Waals surface area (Å²) in [7, 11) is -3.59. The van der Waals surface area contributed by atoms with Gasteiger partial charge < -0.3 is 14.4 Å². The van der Waals surface area contributed by atoms with Crippen molar-refractivity contribution in [2.24, 2.45) is 5.92 Å². The number of hydrogen-bond donors (Lipinski definition) is 0. The van der Waals surface area contributed by atoms with E-state index in [0.29, 0.717) is 31.9 Å². The van der Waals surface area contributed by atoms with Gasteiger partial charge in [0.05, 0.1) is 23.2 Å². The molecule has 0 saturated carbocycles. The molecule has 0 radical (unpaired) electrons. The monoisotopic (exact) mass is 505 g/mol. The van der Waals surface area contributed by atoms with Crippen LogP contribution in [-0.4, -0.2) is 56.3 Å². The number of aldehydes is 1. The zero-order valence-electron chi connectivity index (χ0n) is 20.6. The number of anilines is 1. The molecule has 2 aromatic carbocycles. The standard InChI is InChI=1S/C28H31N3O4S/c1-20(2)35-23-7-9-24(10-8-23)36(33,34)31-14-12-22(18-31)26-19-30(15-16-32)28-17-21(6-11-25(26)28)27-5-3-4-13-29-27/h3-11,13,16-17,20,22,26H,12,14-15,18-19H2,1-2H3. The smallest absolute Gasteiger partial charge is 0.243 e. The fourth-order valence-corrected chi connectivity index (χ4v) is 6.85. The largest absolute Gasteiger partial charge is 0.491 e. The Labute approximate surface area is 212 Å². The lowest BCUT2D eigenvalue weighted by atomic mass is 9.86. The fraction of sp³-hybridized carbons (Fsp3) is 0.357. The lowest BCUT2D eigenvalue weighted by molar-refractivity contribution is -0.106. The highest BCUT2D eigenvalue weighted by molar-refractivity contribution is 7.89. The summed E-state index contributed by atoms with van der Waals surface area (Å²) in [5, 5.41) is 0. The van der Waals surface area contributed by atoms with Crippen LogP contribution in [0.25, 0.3) is 11.3 Å². The molecule has 2 aliphatic heterocycles. The first-order valence-electron chi connectivity index (χ1n) is 12.4. The molecule has 0 amide bonds.